The Morgan fingerprint density at radius 1 is 1.19 bits per heavy atom. The van der Waals surface area contributed by atoms with Crippen LogP contribution >= 0.6 is 0 Å². The Morgan fingerprint density at radius 3 is 2.76 bits per heavy atom. The monoisotopic (exact) mass is 277 g/mol. The highest BCUT2D eigenvalue weighted by molar-refractivity contribution is 5.63. The molecule has 0 aliphatic heterocycles. The van der Waals surface area contributed by atoms with Crippen molar-refractivity contribution in [3.05, 3.63) is 71.9 Å². The molecule has 0 amide bonds. The van der Waals surface area contributed by atoms with Crippen molar-refractivity contribution in [1.29, 1.82) is 5.26 Å². The van der Waals surface area contributed by atoms with Crippen molar-refractivity contribution >= 4 is 0 Å². The first kappa shape index (κ1) is 13.1. The maximum absolute atomic E-state index is 13.6. The molecule has 0 radical (unpaired) electrons. The summed E-state index contributed by atoms with van der Waals surface area (Å²) in [6, 6.07) is 12.0. The highest BCUT2D eigenvalue weighted by atomic mass is 19.1. The molecule has 0 N–H and O–H groups in total. The summed E-state index contributed by atoms with van der Waals surface area (Å²) in [6.07, 6.45) is 5.54. The minimum absolute atomic E-state index is 0.302. The Morgan fingerprint density at radius 2 is 2.05 bits per heavy atom. The van der Waals surface area contributed by atoms with Gasteiger partial charge in [0.1, 0.15) is 5.82 Å². The molecule has 0 saturated carbocycles. The van der Waals surface area contributed by atoms with Gasteiger partial charge < -0.3 is 4.57 Å². The third-order valence-corrected chi connectivity index (χ3v) is 3.28. The summed E-state index contributed by atoms with van der Waals surface area (Å²) >= 11 is 0. The molecule has 2 heterocycles. The van der Waals surface area contributed by atoms with Gasteiger partial charge in [0, 0.05) is 29.8 Å². The maximum atomic E-state index is 13.6. The van der Waals surface area contributed by atoms with E-state index >= 15 is 0 Å². The fraction of sp³-hybridized carbons (Fsp3) is 0.0588. The summed E-state index contributed by atoms with van der Waals surface area (Å²) in [4.78, 5) is 4.33. The molecule has 4 heteroatoms. The number of hydrogen-bond acceptors (Lipinski definition) is 2. The van der Waals surface area contributed by atoms with Gasteiger partial charge >= 0.3 is 0 Å². The van der Waals surface area contributed by atoms with Gasteiger partial charge in [0.05, 0.1) is 17.3 Å². The zero-order chi connectivity index (χ0) is 14.8. The van der Waals surface area contributed by atoms with E-state index in [9.17, 15) is 4.39 Å². The molecule has 0 fully saturated rings. The molecule has 0 spiro atoms. The molecule has 2 aromatic heterocycles. The summed E-state index contributed by atoms with van der Waals surface area (Å²) in [5, 5.41) is 8.94. The first-order valence-electron chi connectivity index (χ1n) is 6.48. The molecule has 1 aromatic carbocycles. The lowest BCUT2D eigenvalue weighted by molar-refractivity contribution is 0.626. The number of aromatic nitrogens is 2. The molecule has 0 saturated heterocycles. The first-order chi connectivity index (χ1) is 10.2. The second kappa shape index (κ2) is 5.22. The quantitative estimate of drug-likeness (QED) is 0.713. The lowest BCUT2D eigenvalue weighted by Gasteiger charge is -2.03. The summed E-state index contributed by atoms with van der Waals surface area (Å²) < 4.78 is 15.4. The van der Waals surface area contributed by atoms with Crippen molar-refractivity contribution < 1.29 is 4.39 Å². The van der Waals surface area contributed by atoms with E-state index in [-0.39, 0.29) is 0 Å². The topological polar surface area (TPSA) is 41.6 Å². The second-order valence-electron chi connectivity index (χ2n) is 4.79. The minimum Gasteiger partial charge on any atom is -0.323 e. The molecular weight excluding hydrogens is 265 g/mol. The average Bonchev–Trinajstić information content (AvgIpc) is 2.89. The summed E-state index contributed by atoms with van der Waals surface area (Å²) in [7, 11) is 0. The maximum Gasteiger partial charge on any atom is 0.126 e. The highest BCUT2D eigenvalue weighted by Gasteiger charge is 2.09. The van der Waals surface area contributed by atoms with E-state index in [1.807, 2.05) is 48.2 Å². The Bertz CT molecular complexity index is 829. The van der Waals surface area contributed by atoms with Gasteiger partial charge in [-0.15, -0.1) is 0 Å². The SMILES string of the molecule is Cc1cn(-c2cc(F)cc(C#N)c2)cc1-c1ccccn1. The van der Waals surface area contributed by atoms with E-state index in [0.717, 1.165) is 16.8 Å². The van der Waals surface area contributed by atoms with E-state index in [0.29, 0.717) is 11.3 Å². The summed E-state index contributed by atoms with van der Waals surface area (Å²) in [5.74, 6) is -0.421. The van der Waals surface area contributed by atoms with Crippen molar-refractivity contribution in [3.8, 4) is 23.0 Å². The number of nitrogens with zero attached hydrogens (tertiary/aromatic N) is 3. The van der Waals surface area contributed by atoms with Crippen LogP contribution in [0.3, 0.4) is 0 Å². The van der Waals surface area contributed by atoms with Gasteiger partial charge in [-0.3, -0.25) is 4.98 Å². The molecule has 0 aliphatic rings. The molecule has 3 nitrogen and oxygen atoms in total. The normalized spacial score (nSPS) is 10.3. The smallest absolute Gasteiger partial charge is 0.126 e. The van der Waals surface area contributed by atoms with Crippen LogP contribution in [0.4, 0.5) is 4.39 Å². The molecule has 3 aromatic rings. The van der Waals surface area contributed by atoms with Gasteiger partial charge in [0.15, 0.2) is 0 Å². The number of nitriles is 1. The predicted octanol–water partition coefficient (Wildman–Crippen LogP) is 3.86. The van der Waals surface area contributed by atoms with E-state index in [4.69, 9.17) is 5.26 Å². The molecule has 0 bridgehead atoms. The van der Waals surface area contributed by atoms with E-state index in [2.05, 4.69) is 4.98 Å². The van der Waals surface area contributed by atoms with Crippen LogP contribution in [-0.4, -0.2) is 9.55 Å². The number of aryl methyl sites for hydroxylation is 1. The molecular formula is C17H12FN3. The molecule has 3 rings (SSSR count). The van der Waals surface area contributed by atoms with Crippen LogP contribution in [0.2, 0.25) is 0 Å². The number of rotatable bonds is 2. The Labute approximate surface area is 121 Å². The van der Waals surface area contributed by atoms with Crippen LogP contribution in [0, 0.1) is 24.1 Å². The third kappa shape index (κ3) is 2.54. The predicted molar refractivity (Wildman–Crippen MR) is 78.4 cm³/mol. The van der Waals surface area contributed by atoms with Crippen LogP contribution in [0.15, 0.2) is 55.0 Å². The lowest BCUT2D eigenvalue weighted by atomic mass is 10.1. The number of benzene rings is 1. The van der Waals surface area contributed by atoms with Crippen molar-refractivity contribution in [3.63, 3.8) is 0 Å². The number of pyridine rings is 1. The van der Waals surface area contributed by atoms with Crippen LogP contribution in [0.25, 0.3) is 16.9 Å². The van der Waals surface area contributed by atoms with Crippen LogP contribution in [0.1, 0.15) is 11.1 Å². The lowest BCUT2D eigenvalue weighted by Crippen LogP contribution is -1.92. The zero-order valence-electron chi connectivity index (χ0n) is 11.4. The fourth-order valence-electron chi connectivity index (χ4n) is 2.28. The zero-order valence-corrected chi connectivity index (χ0v) is 11.4. The molecule has 102 valence electrons. The first-order valence-corrected chi connectivity index (χ1v) is 6.48. The van der Waals surface area contributed by atoms with Gasteiger partial charge in [0.2, 0.25) is 0 Å². The van der Waals surface area contributed by atoms with Gasteiger partial charge in [-0.25, -0.2) is 4.39 Å². The van der Waals surface area contributed by atoms with Gasteiger partial charge in [-0.1, -0.05) is 6.07 Å². The van der Waals surface area contributed by atoms with E-state index in [1.54, 1.807) is 12.3 Å². The van der Waals surface area contributed by atoms with Crippen molar-refractivity contribution in [2.24, 2.45) is 0 Å². The molecule has 21 heavy (non-hydrogen) atoms. The third-order valence-electron chi connectivity index (χ3n) is 3.28. The van der Waals surface area contributed by atoms with Gasteiger partial charge in [-0.2, -0.15) is 5.26 Å². The van der Waals surface area contributed by atoms with Gasteiger partial charge in [0.25, 0.3) is 0 Å². The van der Waals surface area contributed by atoms with Crippen molar-refractivity contribution in [1.82, 2.24) is 9.55 Å². The second-order valence-corrected chi connectivity index (χ2v) is 4.79. The molecule has 0 atom stereocenters. The van der Waals surface area contributed by atoms with Crippen LogP contribution < -0.4 is 0 Å². The van der Waals surface area contributed by atoms with Crippen LogP contribution in [0.5, 0.6) is 0 Å². The Balaban J connectivity index is 2.10. The van der Waals surface area contributed by atoms with E-state index in [1.165, 1.54) is 12.1 Å². The van der Waals surface area contributed by atoms with E-state index < -0.39 is 5.82 Å². The van der Waals surface area contributed by atoms with Gasteiger partial charge in [-0.05, 0) is 42.8 Å². The van der Waals surface area contributed by atoms with Crippen molar-refractivity contribution in [2.75, 3.05) is 0 Å². The number of hydrogen-bond donors (Lipinski definition) is 0. The Kier molecular flexibility index (Phi) is 3.25. The van der Waals surface area contributed by atoms with Crippen molar-refractivity contribution in [2.45, 2.75) is 6.92 Å². The minimum atomic E-state index is -0.421. The summed E-state index contributed by atoms with van der Waals surface area (Å²) in [5.41, 5.74) is 3.81. The highest BCUT2D eigenvalue weighted by Crippen LogP contribution is 2.25. The average molecular weight is 277 g/mol. The molecule has 0 aliphatic carbocycles. The molecule has 0 unspecified atom stereocenters. The van der Waals surface area contributed by atoms with Crippen LogP contribution in [-0.2, 0) is 0 Å². The largest absolute Gasteiger partial charge is 0.323 e. The Hall–Kier alpha value is -2.93. The fourth-order valence-corrected chi connectivity index (χ4v) is 2.28. The standard InChI is InChI=1S/C17H12FN3/c1-12-10-21(11-16(12)17-4-2-3-5-20-17)15-7-13(9-19)6-14(18)8-15/h2-8,10-11H,1H3. The summed E-state index contributed by atoms with van der Waals surface area (Å²) in [6.45, 7) is 1.98. The number of halogens is 1.